The van der Waals surface area contributed by atoms with Gasteiger partial charge in [-0.3, -0.25) is 10.1 Å². The summed E-state index contributed by atoms with van der Waals surface area (Å²) in [6.45, 7) is 4.97. The van der Waals surface area contributed by atoms with Crippen LogP contribution < -0.4 is 10.6 Å². The number of nitrogens with one attached hydrogen (secondary N) is 2. The highest BCUT2D eigenvalue weighted by molar-refractivity contribution is 7.15. The first kappa shape index (κ1) is 18.7. The number of urea groups is 1. The molecule has 2 heterocycles. The van der Waals surface area contributed by atoms with E-state index in [0.717, 1.165) is 16.1 Å². The second kappa shape index (κ2) is 8.05. The minimum atomic E-state index is -0.262. The van der Waals surface area contributed by atoms with Crippen molar-refractivity contribution in [1.82, 2.24) is 15.2 Å². The van der Waals surface area contributed by atoms with Crippen molar-refractivity contribution in [3.05, 3.63) is 45.4 Å². The van der Waals surface area contributed by atoms with Crippen LogP contribution in [0.4, 0.5) is 9.93 Å². The minimum Gasteiger partial charge on any atom is -0.337 e. The molecule has 1 aromatic carbocycles. The van der Waals surface area contributed by atoms with Crippen molar-refractivity contribution in [2.24, 2.45) is 0 Å². The number of benzene rings is 1. The standard InChI is InChI=1S/C18H21ClN4O2S/c1-11(2)20-17(25)22-18-21-14-7-8-23(10-15(14)26-18)16(24)9-12-3-5-13(19)6-4-12/h3-6,11H,7-10H2,1-2H3,(H2,20,21,22,25). The number of aromatic nitrogens is 1. The lowest BCUT2D eigenvalue weighted by atomic mass is 10.1. The number of hydrogen-bond acceptors (Lipinski definition) is 4. The van der Waals surface area contributed by atoms with E-state index in [2.05, 4.69) is 15.6 Å². The largest absolute Gasteiger partial charge is 0.337 e. The number of carbonyl (C=O) groups excluding carboxylic acids is 2. The number of rotatable bonds is 4. The molecule has 3 amide bonds. The van der Waals surface area contributed by atoms with E-state index in [1.54, 1.807) is 12.1 Å². The third-order valence-electron chi connectivity index (χ3n) is 3.99. The molecule has 0 fully saturated rings. The average molecular weight is 393 g/mol. The molecule has 0 atom stereocenters. The van der Waals surface area contributed by atoms with Crippen molar-refractivity contribution < 1.29 is 9.59 Å². The molecule has 0 saturated carbocycles. The lowest BCUT2D eigenvalue weighted by molar-refractivity contribution is -0.131. The second-order valence-electron chi connectivity index (χ2n) is 6.51. The molecule has 1 aliphatic heterocycles. The van der Waals surface area contributed by atoms with Crippen LogP contribution in [0.15, 0.2) is 24.3 Å². The Labute approximate surface area is 161 Å². The first-order chi connectivity index (χ1) is 12.4. The Bertz CT molecular complexity index is 804. The maximum absolute atomic E-state index is 12.6. The van der Waals surface area contributed by atoms with Crippen molar-refractivity contribution in [2.45, 2.75) is 39.3 Å². The zero-order chi connectivity index (χ0) is 18.7. The van der Waals surface area contributed by atoms with Crippen molar-refractivity contribution in [3.63, 3.8) is 0 Å². The van der Waals surface area contributed by atoms with Gasteiger partial charge in [-0.05, 0) is 31.5 Å². The fraction of sp³-hybridized carbons (Fsp3) is 0.389. The number of anilines is 1. The third kappa shape index (κ3) is 4.74. The van der Waals surface area contributed by atoms with E-state index in [1.807, 2.05) is 30.9 Å². The van der Waals surface area contributed by atoms with Crippen LogP contribution in [0.2, 0.25) is 5.02 Å². The topological polar surface area (TPSA) is 74.3 Å². The Morgan fingerprint density at radius 2 is 2.04 bits per heavy atom. The van der Waals surface area contributed by atoms with Crippen molar-refractivity contribution in [3.8, 4) is 0 Å². The van der Waals surface area contributed by atoms with Gasteiger partial charge in [-0.2, -0.15) is 0 Å². The summed E-state index contributed by atoms with van der Waals surface area (Å²) in [5, 5.41) is 6.77. The minimum absolute atomic E-state index is 0.0607. The predicted octanol–water partition coefficient (Wildman–Crippen LogP) is 3.45. The summed E-state index contributed by atoms with van der Waals surface area (Å²) in [5.74, 6) is 0.0819. The van der Waals surface area contributed by atoms with Gasteiger partial charge < -0.3 is 10.2 Å². The monoisotopic (exact) mass is 392 g/mol. The van der Waals surface area contributed by atoms with Crippen LogP contribution in [-0.4, -0.2) is 34.4 Å². The molecule has 0 unspecified atom stereocenters. The van der Waals surface area contributed by atoms with Gasteiger partial charge in [0, 0.05) is 28.9 Å². The van der Waals surface area contributed by atoms with Crippen LogP contribution in [-0.2, 0) is 24.2 Å². The summed E-state index contributed by atoms with van der Waals surface area (Å²) in [5.41, 5.74) is 1.91. The molecule has 8 heteroatoms. The highest BCUT2D eigenvalue weighted by Gasteiger charge is 2.24. The Kier molecular flexibility index (Phi) is 5.78. The first-order valence-corrected chi connectivity index (χ1v) is 9.68. The summed E-state index contributed by atoms with van der Waals surface area (Å²) in [6, 6.07) is 7.13. The molecule has 26 heavy (non-hydrogen) atoms. The van der Waals surface area contributed by atoms with E-state index in [9.17, 15) is 9.59 Å². The van der Waals surface area contributed by atoms with E-state index in [4.69, 9.17) is 11.6 Å². The van der Waals surface area contributed by atoms with Crippen LogP contribution in [0, 0.1) is 0 Å². The molecule has 0 saturated heterocycles. The smallest absolute Gasteiger partial charge is 0.321 e. The van der Waals surface area contributed by atoms with Gasteiger partial charge in [-0.15, -0.1) is 0 Å². The Morgan fingerprint density at radius 3 is 2.73 bits per heavy atom. The predicted molar refractivity (Wildman–Crippen MR) is 104 cm³/mol. The van der Waals surface area contributed by atoms with E-state index >= 15 is 0 Å². The van der Waals surface area contributed by atoms with E-state index in [1.165, 1.54) is 11.3 Å². The van der Waals surface area contributed by atoms with Crippen molar-refractivity contribution in [2.75, 3.05) is 11.9 Å². The molecular weight excluding hydrogens is 372 g/mol. The number of halogens is 1. The quantitative estimate of drug-likeness (QED) is 0.836. The lowest BCUT2D eigenvalue weighted by Gasteiger charge is -2.26. The normalized spacial score (nSPS) is 13.5. The highest BCUT2D eigenvalue weighted by Crippen LogP contribution is 2.28. The van der Waals surface area contributed by atoms with Crippen LogP contribution >= 0.6 is 22.9 Å². The molecule has 6 nitrogen and oxygen atoms in total. The third-order valence-corrected chi connectivity index (χ3v) is 5.24. The van der Waals surface area contributed by atoms with Crippen LogP contribution in [0.25, 0.3) is 0 Å². The Balaban J connectivity index is 1.61. The molecule has 2 aromatic rings. The van der Waals surface area contributed by atoms with Crippen LogP contribution in [0.1, 0.15) is 30.0 Å². The molecule has 0 spiro atoms. The van der Waals surface area contributed by atoms with Crippen LogP contribution in [0.5, 0.6) is 0 Å². The Hall–Kier alpha value is -2.12. The van der Waals surface area contributed by atoms with Crippen molar-refractivity contribution in [1.29, 1.82) is 0 Å². The summed E-state index contributed by atoms with van der Waals surface area (Å²) in [7, 11) is 0. The number of nitrogens with zero attached hydrogens (tertiary/aromatic N) is 2. The van der Waals surface area contributed by atoms with Gasteiger partial charge in [0.05, 0.1) is 18.7 Å². The molecule has 0 aliphatic carbocycles. The summed E-state index contributed by atoms with van der Waals surface area (Å²) in [6.07, 6.45) is 1.05. The van der Waals surface area contributed by atoms with E-state index < -0.39 is 0 Å². The van der Waals surface area contributed by atoms with Gasteiger partial charge in [0.2, 0.25) is 5.91 Å². The molecular formula is C18H21ClN4O2S. The molecule has 0 bridgehead atoms. The van der Waals surface area contributed by atoms with E-state index in [-0.39, 0.29) is 18.0 Å². The van der Waals surface area contributed by atoms with Crippen molar-refractivity contribution >= 4 is 40.0 Å². The molecule has 1 aromatic heterocycles. The first-order valence-electron chi connectivity index (χ1n) is 8.49. The summed E-state index contributed by atoms with van der Waals surface area (Å²) in [4.78, 5) is 31.7. The van der Waals surface area contributed by atoms with Gasteiger partial charge >= 0.3 is 6.03 Å². The molecule has 3 rings (SSSR count). The van der Waals surface area contributed by atoms with Gasteiger partial charge in [0.1, 0.15) is 0 Å². The number of carbonyl (C=O) groups is 2. The average Bonchev–Trinajstić information content (AvgIpc) is 2.97. The van der Waals surface area contributed by atoms with E-state index in [0.29, 0.717) is 36.1 Å². The molecule has 1 aliphatic rings. The highest BCUT2D eigenvalue weighted by atomic mass is 35.5. The second-order valence-corrected chi connectivity index (χ2v) is 8.03. The zero-order valence-corrected chi connectivity index (χ0v) is 16.3. The summed E-state index contributed by atoms with van der Waals surface area (Å²) >= 11 is 7.31. The molecule has 2 N–H and O–H groups in total. The zero-order valence-electron chi connectivity index (χ0n) is 14.7. The maximum atomic E-state index is 12.6. The Morgan fingerprint density at radius 1 is 1.31 bits per heavy atom. The van der Waals surface area contributed by atoms with Gasteiger partial charge in [0.25, 0.3) is 0 Å². The van der Waals surface area contributed by atoms with Gasteiger partial charge in [-0.25, -0.2) is 9.78 Å². The maximum Gasteiger partial charge on any atom is 0.321 e. The number of amides is 3. The fourth-order valence-electron chi connectivity index (χ4n) is 2.75. The van der Waals surface area contributed by atoms with Crippen LogP contribution in [0.3, 0.4) is 0 Å². The molecule has 0 radical (unpaired) electrons. The fourth-order valence-corrected chi connectivity index (χ4v) is 3.89. The SMILES string of the molecule is CC(C)NC(=O)Nc1nc2c(s1)CN(C(=O)Cc1ccc(Cl)cc1)CC2. The number of thiazole rings is 1. The lowest BCUT2D eigenvalue weighted by Crippen LogP contribution is -2.36. The molecule has 138 valence electrons. The number of fused-ring (bicyclic) bond motifs is 1. The van der Waals surface area contributed by atoms with Gasteiger partial charge in [0.15, 0.2) is 5.13 Å². The summed E-state index contributed by atoms with van der Waals surface area (Å²) < 4.78 is 0. The van der Waals surface area contributed by atoms with Gasteiger partial charge in [-0.1, -0.05) is 35.1 Å². The number of hydrogen-bond donors (Lipinski definition) is 2.